The van der Waals surface area contributed by atoms with Gasteiger partial charge in [-0.15, -0.1) is 0 Å². The Morgan fingerprint density at radius 2 is 2.04 bits per heavy atom. The largest absolute Gasteiger partial charge is 0.344 e. The summed E-state index contributed by atoms with van der Waals surface area (Å²) in [6, 6.07) is 11.9. The van der Waals surface area contributed by atoms with Crippen molar-refractivity contribution >= 4 is 10.9 Å². The Hall–Kier alpha value is -2.20. The SMILES string of the molecule is Cc1ccc2c(c1)c1c(n2CCc2ccc(CF)nc2)C(C)C2CCC1N2C. The first kappa shape index (κ1) is 17.9. The van der Waals surface area contributed by atoms with E-state index in [0.29, 0.717) is 23.7 Å². The van der Waals surface area contributed by atoms with Crippen LogP contribution < -0.4 is 0 Å². The Labute approximate surface area is 166 Å². The Kier molecular flexibility index (Phi) is 4.27. The summed E-state index contributed by atoms with van der Waals surface area (Å²) in [6.45, 7) is 5.04. The number of aryl methyl sites for hydroxylation is 3. The van der Waals surface area contributed by atoms with Crippen LogP contribution in [0.15, 0.2) is 36.5 Å². The molecule has 146 valence electrons. The number of pyridine rings is 1. The van der Waals surface area contributed by atoms with Gasteiger partial charge in [0.15, 0.2) is 0 Å². The minimum atomic E-state index is -0.497. The summed E-state index contributed by atoms with van der Waals surface area (Å²) in [4.78, 5) is 6.84. The quantitative estimate of drug-likeness (QED) is 0.614. The van der Waals surface area contributed by atoms with Gasteiger partial charge in [0.1, 0.15) is 6.67 Å². The van der Waals surface area contributed by atoms with Crippen LogP contribution in [0, 0.1) is 6.92 Å². The molecule has 0 N–H and O–H groups in total. The van der Waals surface area contributed by atoms with Crippen molar-refractivity contribution in [2.45, 2.75) is 64.3 Å². The number of nitrogens with zero attached hydrogens (tertiary/aromatic N) is 3. The van der Waals surface area contributed by atoms with E-state index in [1.54, 1.807) is 17.3 Å². The van der Waals surface area contributed by atoms with Crippen LogP contribution in [0.4, 0.5) is 4.39 Å². The molecule has 3 unspecified atom stereocenters. The van der Waals surface area contributed by atoms with Crippen LogP contribution in [0.1, 0.15) is 59.8 Å². The monoisotopic (exact) mass is 377 g/mol. The molecule has 1 fully saturated rings. The first-order valence-electron chi connectivity index (χ1n) is 10.4. The Morgan fingerprint density at radius 1 is 1.18 bits per heavy atom. The third kappa shape index (κ3) is 2.61. The normalized spacial score (nSPS) is 24.1. The maximum absolute atomic E-state index is 12.7. The summed E-state index contributed by atoms with van der Waals surface area (Å²) in [5.74, 6) is 0.540. The molecule has 0 aliphatic carbocycles. The lowest BCUT2D eigenvalue weighted by Gasteiger charge is -2.37. The van der Waals surface area contributed by atoms with E-state index in [9.17, 15) is 4.39 Å². The maximum Gasteiger partial charge on any atom is 0.131 e. The lowest BCUT2D eigenvalue weighted by Crippen LogP contribution is -2.37. The molecule has 2 aliphatic rings. The number of fused-ring (bicyclic) bond motifs is 6. The zero-order chi connectivity index (χ0) is 19.4. The van der Waals surface area contributed by atoms with Crippen LogP contribution >= 0.6 is 0 Å². The molecule has 3 atom stereocenters. The Morgan fingerprint density at radius 3 is 2.79 bits per heavy atom. The molecule has 5 rings (SSSR count). The topological polar surface area (TPSA) is 21.1 Å². The van der Waals surface area contributed by atoms with Crippen molar-refractivity contribution in [2.24, 2.45) is 0 Å². The number of hydrogen-bond acceptors (Lipinski definition) is 2. The average Bonchev–Trinajstić information content (AvgIpc) is 3.18. The molecule has 3 aromatic rings. The molecule has 1 aromatic carbocycles. The molecule has 4 heterocycles. The highest BCUT2D eigenvalue weighted by atomic mass is 19.1. The zero-order valence-electron chi connectivity index (χ0n) is 17.0. The van der Waals surface area contributed by atoms with E-state index < -0.39 is 6.67 Å². The standard InChI is InChI=1S/C24H28FN3/c1-15-4-7-21-19(12-15)23-22-9-8-20(27(22)3)16(2)24(23)28(21)11-10-17-5-6-18(13-25)26-14-17/h4-7,12,14,16,20,22H,8-11,13H2,1-3H3. The molecule has 0 saturated carbocycles. The van der Waals surface area contributed by atoms with Crippen molar-refractivity contribution < 1.29 is 4.39 Å². The van der Waals surface area contributed by atoms with Crippen molar-refractivity contribution in [3.63, 3.8) is 0 Å². The van der Waals surface area contributed by atoms with Gasteiger partial charge >= 0.3 is 0 Å². The number of likely N-dealkylation sites (N-methyl/N-ethyl adjacent to an activating group) is 1. The summed E-state index contributed by atoms with van der Waals surface area (Å²) in [6.07, 6.45) is 5.30. The Bertz CT molecular complexity index is 1020. The molecule has 3 nitrogen and oxygen atoms in total. The molecule has 4 heteroatoms. The average molecular weight is 378 g/mol. The highest BCUT2D eigenvalue weighted by molar-refractivity contribution is 5.87. The van der Waals surface area contributed by atoms with E-state index >= 15 is 0 Å². The molecule has 0 amide bonds. The van der Waals surface area contributed by atoms with Gasteiger partial charge in [0, 0.05) is 47.3 Å². The highest BCUT2D eigenvalue weighted by Gasteiger charge is 2.44. The van der Waals surface area contributed by atoms with Gasteiger partial charge in [-0.2, -0.15) is 0 Å². The van der Waals surface area contributed by atoms with Crippen LogP contribution in [0.3, 0.4) is 0 Å². The lowest BCUT2D eigenvalue weighted by molar-refractivity contribution is 0.197. The number of aromatic nitrogens is 2. The van der Waals surface area contributed by atoms with Crippen molar-refractivity contribution in [3.8, 4) is 0 Å². The predicted molar refractivity (Wildman–Crippen MR) is 111 cm³/mol. The first-order valence-corrected chi connectivity index (χ1v) is 10.4. The van der Waals surface area contributed by atoms with Gasteiger partial charge in [0.05, 0.1) is 5.69 Å². The second-order valence-corrected chi connectivity index (χ2v) is 8.63. The van der Waals surface area contributed by atoms with E-state index in [0.717, 1.165) is 13.0 Å². The molecular weight excluding hydrogens is 349 g/mol. The van der Waals surface area contributed by atoms with Crippen LogP contribution in [0.25, 0.3) is 10.9 Å². The Balaban J connectivity index is 1.59. The molecule has 1 saturated heterocycles. The van der Waals surface area contributed by atoms with Gasteiger partial charge < -0.3 is 4.57 Å². The molecule has 28 heavy (non-hydrogen) atoms. The highest BCUT2D eigenvalue weighted by Crippen LogP contribution is 2.51. The molecule has 2 aliphatic heterocycles. The summed E-state index contributed by atoms with van der Waals surface area (Å²) in [5.41, 5.74) is 7.47. The van der Waals surface area contributed by atoms with E-state index in [2.05, 4.69) is 53.5 Å². The maximum atomic E-state index is 12.7. The summed E-state index contributed by atoms with van der Waals surface area (Å²) >= 11 is 0. The molecular formula is C24H28FN3. The predicted octanol–water partition coefficient (Wildman–Crippen LogP) is 5.31. The molecule has 2 bridgehead atoms. The van der Waals surface area contributed by atoms with Gasteiger partial charge in [-0.05, 0) is 62.6 Å². The summed E-state index contributed by atoms with van der Waals surface area (Å²) < 4.78 is 15.3. The van der Waals surface area contributed by atoms with E-state index in [4.69, 9.17) is 0 Å². The molecule has 0 spiro atoms. The second kappa shape index (κ2) is 6.70. The lowest BCUT2D eigenvalue weighted by atomic mass is 9.89. The number of hydrogen-bond donors (Lipinski definition) is 0. The fraction of sp³-hybridized carbons (Fsp3) is 0.458. The van der Waals surface area contributed by atoms with Crippen LogP contribution in [0.5, 0.6) is 0 Å². The molecule has 2 aromatic heterocycles. The first-order chi connectivity index (χ1) is 13.6. The van der Waals surface area contributed by atoms with Crippen molar-refractivity contribution in [1.82, 2.24) is 14.5 Å². The summed E-state index contributed by atoms with van der Waals surface area (Å²) in [7, 11) is 2.30. The van der Waals surface area contributed by atoms with Gasteiger partial charge in [-0.25, -0.2) is 4.39 Å². The third-order valence-electron chi connectivity index (χ3n) is 7.04. The van der Waals surface area contributed by atoms with Crippen molar-refractivity contribution in [1.29, 1.82) is 0 Å². The smallest absolute Gasteiger partial charge is 0.131 e. The van der Waals surface area contributed by atoms with Crippen molar-refractivity contribution in [3.05, 3.63) is 64.6 Å². The van der Waals surface area contributed by atoms with Crippen molar-refractivity contribution in [2.75, 3.05) is 7.05 Å². The number of alkyl halides is 1. The van der Waals surface area contributed by atoms with E-state index in [1.807, 2.05) is 12.3 Å². The number of rotatable bonds is 4. The zero-order valence-corrected chi connectivity index (χ0v) is 17.0. The third-order valence-corrected chi connectivity index (χ3v) is 7.04. The molecule has 0 radical (unpaired) electrons. The minimum Gasteiger partial charge on any atom is -0.344 e. The minimum absolute atomic E-state index is 0.497. The van der Waals surface area contributed by atoms with Crippen LogP contribution in [-0.2, 0) is 19.6 Å². The van der Waals surface area contributed by atoms with E-state index in [-0.39, 0.29) is 0 Å². The number of halogens is 1. The van der Waals surface area contributed by atoms with Gasteiger partial charge in [0.25, 0.3) is 0 Å². The fourth-order valence-corrected chi connectivity index (χ4v) is 5.62. The number of benzene rings is 1. The summed E-state index contributed by atoms with van der Waals surface area (Å²) in [5, 5.41) is 1.44. The van der Waals surface area contributed by atoms with Gasteiger partial charge in [-0.1, -0.05) is 24.6 Å². The van der Waals surface area contributed by atoms with Gasteiger partial charge in [-0.3, -0.25) is 9.88 Å². The second-order valence-electron chi connectivity index (χ2n) is 8.63. The van der Waals surface area contributed by atoms with E-state index in [1.165, 1.54) is 34.9 Å². The van der Waals surface area contributed by atoms with Gasteiger partial charge in [0.2, 0.25) is 0 Å². The van der Waals surface area contributed by atoms with Crippen LogP contribution in [-0.4, -0.2) is 27.5 Å². The van der Waals surface area contributed by atoms with Crippen LogP contribution in [0.2, 0.25) is 0 Å². The fourth-order valence-electron chi connectivity index (χ4n) is 5.62.